The van der Waals surface area contributed by atoms with Gasteiger partial charge >= 0.3 is 6.18 Å². The van der Waals surface area contributed by atoms with Gasteiger partial charge in [-0.25, -0.2) is 12.8 Å². The Labute approximate surface area is 175 Å². The second-order valence-electron chi connectivity index (χ2n) is 6.70. The van der Waals surface area contributed by atoms with Crippen LogP contribution in [0.3, 0.4) is 0 Å². The largest absolute Gasteiger partial charge is 0.405 e. The monoisotopic (exact) mass is 455 g/mol. The summed E-state index contributed by atoms with van der Waals surface area (Å²) in [6.07, 6.45) is -3.16. The fourth-order valence-corrected chi connectivity index (χ4v) is 4.23. The number of halogens is 4. The topological polar surface area (TPSA) is 79.4 Å². The number of rotatable bonds is 6. The van der Waals surface area contributed by atoms with E-state index in [1.807, 2.05) is 0 Å². The van der Waals surface area contributed by atoms with Crippen molar-refractivity contribution in [2.24, 2.45) is 0 Å². The number of aromatic nitrogens is 1. The van der Waals surface area contributed by atoms with E-state index in [-0.39, 0.29) is 27.9 Å². The van der Waals surface area contributed by atoms with Crippen molar-refractivity contribution < 1.29 is 30.8 Å². The molecule has 0 fully saturated rings. The zero-order valence-electron chi connectivity index (χ0n) is 16.1. The fraction of sp³-hybridized carbons (Fsp3) is 0.200. The maximum atomic E-state index is 14.0. The first-order valence-corrected chi connectivity index (χ1v) is 10.4. The number of carbonyl (C=O) groups is 1. The van der Waals surface area contributed by atoms with Gasteiger partial charge in [-0.05, 0) is 42.0 Å². The standard InChI is InChI=1S/C20H17F4N3O3S/c1-27(11-13-4-6-14(7-5-13)19(28)26-12-20(22,23)24)31(29,30)17-9-8-16(21)18-15(17)3-2-10-25-18/h2-10H,11-12H2,1H3,(H,26,28). The van der Waals surface area contributed by atoms with Crippen LogP contribution in [0.2, 0.25) is 0 Å². The van der Waals surface area contributed by atoms with Gasteiger partial charge in [0.05, 0.1) is 4.90 Å². The summed E-state index contributed by atoms with van der Waals surface area (Å²) in [6, 6.07) is 10.7. The van der Waals surface area contributed by atoms with Crippen molar-refractivity contribution in [1.29, 1.82) is 0 Å². The van der Waals surface area contributed by atoms with E-state index in [0.29, 0.717) is 5.56 Å². The molecule has 0 aliphatic heterocycles. The molecule has 0 bridgehead atoms. The predicted molar refractivity (Wildman–Crippen MR) is 105 cm³/mol. The number of carbonyl (C=O) groups excluding carboxylic acids is 1. The summed E-state index contributed by atoms with van der Waals surface area (Å²) >= 11 is 0. The third-order valence-corrected chi connectivity index (χ3v) is 6.30. The van der Waals surface area contributed by atoms with Crippen LogP contribution in [0.4, 0.5) is 17.6 Å². The molecule has 1 N–H and O–H groups in total. The van der Waals surface area contributed by atoms with Crippen LogP contribution in [0.15, 0.2) is 59.6 Å². The smallest absolute Gasteiger partial charge is 0.343 e. The van der Waals surface area contributed by atoms with E-state index in [9.17, 15) is 30.8 Å². The highest BCUT2D eigenvalue weighted by molar-refractivity contribution is 7.89. The lowest BCUT2D eigenvalue weighted by atomic mass is 10.1. The molecule has 1 heterocycles. The molecule has 0 aliphatic rings. The van der Waals surface area contributed by atoms with E-state index in [4.69, 9.17) is 0 Å². The minimum Gasteiger partial charge on any atom is -0.343 e. The number of alkyl halides is 3. The van der Waals surface area contributed by atoms with E-state index in [2.05, 4.69) is 4.98 Å². The van der Waals surface area contributed by atoms with Crippen molar-refractivity contribution in [3.63, 3.8) is 0 Å². The average molecular weight is 455 g/mol. The van der Waals surface area contributed by atoms with Crippen LogP contribution in [0, 0.1) is 5.82 Å². The van der Waals surface area contributed by atoms with Gasteiger partial charge < -0.3 is 5.32 Å². The van der Waals surface area contributed by atoms with E-state index >= 15 is 0 Å². The zero-order valence-corrected chi connectivity index (χ0v) is 17.0. The molecule has 0 unspecified atom stereocenters. The average Bonchev–Trinajstić information content (AvgIpc) is 2.72. The molecule has 0 atom stereocenters. The minimum absolute atomic E-state index is 0.00844. The first kappa shape index (κ1) is 22.6. The molecule has 31 heavy (non-hydrogen) atoms. The summed E-state index contributed by atoms with van der Waals surface area (Å²) in [7, 11) is -2.67. The Morgan fingerprint density at radius 1 is 1.10 bits per heavy atom. The Hall–Kier alpha value is -3.05. The zero-order chi connectivity index (χ0) is 22.8. The lowest BCUT2D eigenvalue weighted by Crippen LogP contribution is -2.33. The number of nitrogens with zero attached hydrogens (tertiary/aromatic N) is 2. The fourth-order valence-electron chi connectivity index (χ4n) is 2.89. The molecule has 0 radical (unpaired) electrons. The molecule has 1 amide bonds. The summed E-state index contributed by atoms with van der Waals surface area (Å²) in [6.45, 7) is -1.53. The maximum Gasteiger partial charge on any atom is 0.405 e. The van der Waals surface area contributed by atoms with Crippen LogP contribution in [-0.4, -0.2) is 43.4 Å². The van der Waals surface area contributed by atoms with Crippen LogP contribution in [0.1, 0.15) is 15.9 Å². The summed E-state index contributed by atoms with van der Waals surface area (Å²) in [4.78, 5) is 15.5. The van der Waals surface area contributed by atoms with Crippen LogP contribution in [-0.2, 0) is 16.6 Å². The van der Waals surface area contributed by atoms with E-state index in [1.165, 1.54) is 55.7 Å². The summed E-state index contributed by atoms with van der Waals surface area (Å²) in [5.41, 5.74) is 0.447. The number of pyridine rings is 1. The quantitative estimate of drug-likeness (QED) is 0.578. The third kappa shape index (κ3) is 5.17. The highest BCUT2D eigenvalue weighted by Crippen LogP contribution is 2.26. The summed E-state index contributed by atoms with van der Waals surface area (Å²) in [5, 5.41) is 1.90. The van der Waals surface area contributed by atoms with Crippen molar-refractivity contribution in [3.8, 4) is 0 Å². The molecule has 6 nitrogen and oxygen atoms in total. The van der Waals surface area contributed by atoms with Crippen LogP contribution < -0.4 is 5.32 Å². The molecule has 11 heteroatoms. The molecule has 0 aliphatic carbocycles. The minimum atomic E-state index is -4.52. The van der Waals surface area contributed by atoms with Crippen molar-refractivity contribution in [2.75, 3.05) is 13.6 Å². The van der Waals surface area contributed by atoms with Crippen molar-refractivity contribution in [3.05, 3.63) is 71.7 Å². The van der Waals surface area contributed by atoms with Crippen LogP contribution in [0.25, 0.3) is 10.9 Å². The van der Waals surface area contributed by atoms with Gasteiger partial charge in [0.1, 0.15) is 17.9 Å². The molecule has 3 aromatic rings. The van der Waals surface area contributed by atoms with Gasteiger partial charge in [-0.3, -0.25) is 9.78 Å². The van der Waals surface area contributed by atoms with Gasteiger partial charge in [0.2, 0.25) is 10.0 Å². The number of nitrogens with one attached hydrogen (secondary N) is 1. The van der Waals surface area contributed by atoms with Crippen molar-refractivity contribution in [1.82, 2.24) is 14.6 Å². The van der Waals surface area contributed by atoms with Crippen LogP contribution >= 0.6 is 0 Å². The number of amides is 1. The molecule has 0 spiro atoms. The maximum absolute atomic E-state index is 14.0. The first-order valence-electron chi connectivity index (χ1n) is 8.92. The Morgan fingerprint density at radius 3 is 2.42 bits per heavy atom. The number of hydrogen-bond acceptors (Lipinski definition) is 4. The normalized spacial score (nSPS) is 12.3. The number of hydrogen-bond donors (Lipinski definition) is 1. The Balaban J connectivity index is 1.78. The molecular weight excluding hydrogens is 438 g/mol. The molecule has 3 rings (SSSR count). The van der Waals surface area contributed by atoms with E-state index in [1.54, 1.807) is 5.32 Å². The lowest BCUT2D eigenvalue weighted by Gasteiger charge is -2.19. The highest BCUT2D eigenvalue weighted by Gasteiger charge is 2.28. The molecular formula is C20H17F4N3O3S. The van der Waals surface area contributed by atoms with E-state index < -0.39 is 34.5 Å². The second kappa shape index (κ2) is 8.60. The molecule has 164 valence electrons. The molecule has 2 aromatic carbocycles. The van der Waals surface area contributed by atoms with Gasteiger partial charge in [-0.2, -0.15) is 17.5 Å². The Bertz CT molecular complexity index is 1210. The van der Waals surface area contributed by atoms with Gasteiger partial charge in [0.25, 0.3) is 5.91 Å². The lowest BCUT2D eigenvalue weighted by molar-refractivity contribution is -0.123. The van der Waals surface area contributed by atoms with Gasteiger partial charge in [-0.1, -0.05) is 12.1 Å². The number of fused-ring (bicyclic) bond motifs is 1. The van der Waals surface area contributed by atoms with Gasteiger partial charge in [0.15, 0.2) is 0 Å². The second-order valence-corrected chi connectivity index (χ2v) is 8.71. The SMILES string of the molecule is CN(Cc1ccc(C(=O)NCC(F)(F)F)cc1)S(=O)(=O)c1ccc(F)c2ncccc12. The van der Waals surface area contributed by atoms with Crippen molar-refractivity contribution in [2.45, 2.75) is 17.6 Å². The first-order chi connectivity index (χ1) is 14.5. The predicted octanol–water partition coefficient (Wildman–Crippen LogP) is 3.49. The summed E-state index contributed by atoms with van der Waals surface area (Å²) < 4.78 is 77.7. The molecule has 0 saturated heterocycles. The summed E-state index contributed by atoms with van der Waals surface area (Å²) in [5.74, 6) is -1.54. The molecule has 1 aromatic heterocycles. The Kier molecular flexibility index (Phi) is 6.27. The number of sulfonamides is 1. The van der Waals surface area contributed by atoms with E-state index in [0.717, 1.165) is 10.4 Å². The molecule has 0 saturated carbocycles. The number of benzene rings is 2. The highest BCUT2D eigenvalue weighted by atomic mass is 32.2. The van der Waals surface area contributed by atoms with Gasteiger partial charge in [-0.15, -0.1) is 0 Å². The van der Waals surface area contributed by atoms with Crippen molar-refractivity contribution >= 4 is 26.8 Å². The third-order valence-electron chi connectivity index (χ3n) is 4.44. The Morgan fingerprint density at radius 2 is 1.77 bits per heavy atom. The van der Waals surface area contributed by atoms with Gasteiger partial charge in [0, 0.05) is 30.7 Å². The van der Waals surface area contributed by atoms with Crippen LogP contribution in [0.5, 0.6) is 0 Å².